The lowest BCUT2D eigenvalue weighted by Gasteiger charge is -2.09. The average Bonchev–Trinajstić information content (AvgIpc) is 2.83. The molecular weight excluding hydrogens is 228 g/mol. The quantitative estimate of drug-likeness (QED) is 0.774. The molecule has 2 aromatic carbocycles. The van der Waals surface area contributed by atoms with Gasteiger partial charge in [0.05, 0.1) is 0 Å². The Hall–Kier alpha value is -2.29. The summed E-state index contributed by atoms with van der Waals surface area (Å²) in [4.78, 5) is 10.5. The molecule has 1 aliphatic heterocycles. The number of hydrogen-bond donors (Lipinski definition) is 0. The van der Waals surface area contributed by atoms with Gasteiger partial charge in [-0.25, -0.2) is 0 Å². The first-order valence-corrected chi connectivity index (χ1v) is 5.81. The molecule has 2 aromatic rings. The van der Waals surface area contributed by atoms with Gasteiger partial charge in [0.15, 0.2) is 11.5 Å². The minimum Gasteiger partial charge on any atom is -0.447 e. The van der Waals surface area contributed by atoms with Crippen molar-refractivity contribution >= 4 is 6.29 Å². The van der Waals surface area contributed by atoms with Crippen molar-refractivity contribution in [2.24, 2.45) is 0 Å². The van der Waals surface area contributed by atoms with Gasteiger partial charge >= 0.3 is 0 Å². The Bertz CT molecular complexity index is 563. The first-order chi connectivity index (χ1) is 8.86. The van der Waals surface area contributed by atoms with Crippen molar-refractivity contribution in [1.82, 2.24) is 0 Å². The Labute approximate surface area is 105 Å². The summed E-state index contributed by atoms with van der Waals surface area (Å²) >= 11 is 0. The molecule has 3 nitrogen and oxygen atoms in total. The lowest BCUT2D eigenvalue weighted by atomic mass is 10.1. The zero-order valence-electron chi connectivity index (χ0n) is 9.71. The van der Waals surface area contributed by atoms with Crippen molar-refractivity contribution in [2.75, 3.05) is 0 Å². The van der Waals surface area contributed by atoms with Gasteiger partial charge in [-0.2, -0.15) is 0 Å². The van der Waals surface area contributed by atoms with Crippen LogP contribution < -0.4 is 9.47 Å². The van der Waals surface area contributed by atoms with Gasteiger partial charge in [-0.3, -0.25) is 0 Å². The number of benzene rings is 2. The van der Waals surface area contributed by atoms with Crippen molar-refractivity contribution in [2.45, 2.75) is 12.7 Å². The van der Waals surface area contributed by atoms with Crippen LogP contribution in [-0.2, 0) is 11.2 Å². The molecule has 90 valence electrons. The van der Waals surface area contributed by atoms with Gasteiger partial charge in [-0.1, -0.05) is 36.4 Å². The van der Waals surface area contributed by atoms with Crippen molar-refractivity contribution in [1.29, 1.82) is 0 Å². The van der Waals surface area contributed by atoms with Gasteiger partial charge in [0, 0.05) is 12.0 Å². The van der Waals surface area contributed by atoms with Crippen LogP contribution in [-0.4, -0.2) is 6.29 Å². The molecule has 0 aromatic heterocycles. The van der Waals surface area contributed by atoms with Crippen LogP contribution in [0.4, 0.5) is 0 Å². The third-order valence-corrected chi connectivity index (χ3v) is 2.87. The number of fused-ring (bicyclic) bond motifs is 1. The first-order valence-electron chi connectivity index (χ1n) is 5.81. The van der Waals surface area contributed by atoms with Crippen LogP contribution >= 0.6 is 0 Å². The van der Waals surface area contributed by atoms with Crippen LogP contribution in [0.25, 0.3) is 0 Å². The maximum atomic E-state index is 10.5. The molecule has 0 bridgehead atoms. The van der Waals surface area contributed by atoms with E-state index in [4.69, 9.17) is 9.47 Å². The Morgan fingerprint density at radius 3 is 2.56 bits per heavy atom. The molecule has 0 saturated heterocycles. The molecule has 1 aliphatic rings. The number of aldehydes is 1. The Kier molecular flexibility index (Phi) is 2.73. The van der Waals surface area contributed by atoms with Gasteiger partial charge in [-0.05, 0) is 17.7 Å². The molecular formula is C15H12O3. The van der Waals surface area contributed by atoms with E-state index in [9.17, 15) is 4.79 Å². The molecule has 1 atom stereocenters. The summed E-state index contributed by atoms with van der Waals surface area (Å²) in [6.45, 7) is 0. The van der Waals surface area contributed by atoms with E-state index in [1.807, 2.05) is 48.5 Å². The average molecular weight is 240 g/mol. The van der Waals surface area contributed by atoms with Gasteiger partial charge in [-0.15, -0.1) is 0 Å². The summed E-state index contributed by atoms with van der Waals surface area (Å²) in [5.74, 6) is 1.42. The van der Waals surface area contributed by atoms with Gasteiger partial charge in [0.2, 0.25) is 0 Å². The van der Waals surface area contributed by atoms with E-state index < -0.39 is 6.29 Å². The monoisotopic (exact) mass is 240 g/mol. The molecule has 0 N–H and O–H groups in total. The van der Waals surface area contributed by atoms with Gasteiger partial charge in [0.25, 0.3) is 6.29 Å². The maximum Gasteiger partial charge on any atom is 0.267 e. The molecule has 0 fully saturated rings. The summed E-state index contributed by atoms with van der Waals surface area (Å²) in [5, 5.41) is 0. The maximum absolute atomic E-state index is 10.5. The van der Waals surface area contributed by atoms with E-state index in [0.717, 1.165) is 23.2 Å². The summed E-state index contributed by atoms with van der Waals surface area (Å²) in [5.41, 5.74) is 1.91. The number of ether oxygens (including phenoxy) is 2. The van der Waals surface area contributed by atoms with E-state index in [1.54, 1.807) is 0 Å². The van der Waals surface area contributed by atoms with Gasteiger partial charge < -0.3 is 14.3 Å². The highest BCUT2D eigenvalue weighted by atomic mass is 16.7. The molecule has 1 unspecified atom stereocenters. The van der Waals surface area contributed by atoms with Crippen LogP contribution in [0.2, 0.25) is 0 Å². The van der Waals surface area contributed by atoms with Crippen LogP contribution in [0.1, 0.15) is 17.4 Å². The normalized spacial score (nSPS) is 16.6. The fourth-order valence-corrected chi connectivity index (χ4v) is 1.97. The zero-order chi connectivity index (χ0) is 12.4. The van der Waals surface area contributed by atoms with Crippen LogP contribution in [0.15, 0.2) is 48.5 Å². The Morgan fingerprint density at radius 2 is 1.78 bits per heavy atom. The van der Waals surface area contributed by atoms with Crippen molar-refractivity contribution in [3.8, 4) is 11.5 Å². The summed E-state index contributed by atoms with van der Waals surface area (Å²) in [7, 11) is 0. The molecule has 3 rings (SSSR count). The minimum absolute atomic E-state index is 0.395. The van der Waals surface area contributed by atoms with Gasteiger partial charge in [0.1, 0.15) is 6.29 Å². The molecule has 0 saturated carbocycles. The Balaban J connectivity index is 1.85. The van der Waals surface area contributed by atoms with Crippen molar-refractivity contribution in [3.63, 3.8) is 0 Å². The summed E-state index contributed by atoms with van der Waals surface area (Å²) in [6.07, 6.45) is 0.881. The topological polar surface area (TPSA) is 35.5 Å². The SMILES string of the molecule is O=CCc1ccc2c(c1)OC(c1ccccc1)O2. The molecule has 0 aliphatic carbocycles. The van der Waals surface area contributed by atoms with Crippen molar-refractivity contribution < 1.29 is 14.3 Å². The number of rotatable bonds is 3. The largest absolute Gasteiger partial charge is 0.447 e. The molecule has 18 heavy (non-hydrogen) atoms. The predicted molar refractivity (Wildman–Crippen MR) is 66.6 cm³/mol. The lowest BCUT2D eigenvalue weighted by molar-refractivity contribution is -0.107. The second-order valence-corrected chi connectivity index (χ2v) is 4.13. The highest BCUT2D eigenvalue weighted by Gasteiger charge is 2.25. The third kappa shape index (κ3) is 1.95. The molecule has 3 heteroatoms. The highest BCUT2D eigenvalue weighted by molar-refractivity contribution is 5.57. The van der Waals surface area contributed by atoms with Crippen molar-refractivity contribution in [3.05, 3.63) is 59.7 Å². The fourth-order valence-electron chi connectivity index (χ4n) is 1.97. The van der Waals surface area contributed by atoms with Crippen LogP contribution in [0.3, 0.4) is 0 Å². The highest BCUT2D eigenvalue weighted by Crippen LogP contribution is 2.40. The summed E-state index contributed by atoms with van der Waals surface area (Å²) in [6, 6.07) is 15.3. The molecule has 1 heterocycles. The third-order valence-electron chi connectivity index (χ3n) is 2.87. The molecule has 0 radical (unpaired) electrons. The standard InChI is InChI=1S/C15H12O3/c16-9-8-11-6-7-13-14(10-11)18-15(17-13)12-4-2-1-3-5-12/h1-7,9-10,15H,8H2. The number of hydrogen-bond acceptors (Lipinski definition) is 3. The smallest absolute Gasteiger partial charge is 0.267 e. The zero-order valence-corrected chi connectivity index (χ0v) is 9.71. The van der Waals surface area contributed by atoms with E-state index in [-0.39, 0.29) is 0 Å². The minimum atomic E-state index is -0.396. The number of carbonyl (C=O) groups is 1. The predicted octanol–water partition coefficient (Wildman–Crippen LogP) is 2.90. The molecule has 0 spiro atoms. The second-order valence-electron chi connectivity index (χ2n) is 4.13. The lowest BCUT2D eigenvalue weighted by Crippen LogP contribution is -2.07. The first kappa shape index (κ1) is 10.8. The second kappa shape index (κ2) is 4.53. The van der Waals surface area contributed by atoms with E-state index >= 15 is 0 Å². The van der Waals surface area contributed by atoms with Crippen LogP contribution in [0.5, 0.6) is 11.5 Å². The summed E-state index contributed by atoms with van der Waals surface area (Å²) < 4.78 is 11.5. The fraction of sp³-hybridized carbons (Fsp3) is 0.133. The Morgan fingerprint density at radius 1 is 1.00 bits per heavy atom. The van der Waals surface area contributed by atoms with E-state index in [2.05, 4.69) is 0 Å². The van der Waals surface area contributed by atoms with E-state index in [0.29, 0.717) is 12.2 Å². The van der Waals surface area contributed by atoms with E-state index in [1.165, 1.54) is 0 Å². The number of carbonyl (C=O) groups excluding carboxylic acids is 1. The molecule has 0 amide bonds. The van der Waals surface area contributed by atoms with Crippen LogP contribution in [0, 0.1) is 0 Å².